The molecule has 6 nitrogen and oxygen atoms in total. The second-order valence-electron chi connectivity index (χ2n) is 7.65. The lowest BCUT2D eigenvalue weighted by atomic mass is 10.1. The first-order chi connectivity index (χ1) is 13.1. The highest BCUT2D eigenvalue weighted by Gasteiger charge is 2.28. The Morgan fingerprint density at radius 2 is 1.78 bits per heavy atom. The topological polar surface area (TPSA) is 70.7 Å². The maximum Gasteiger partial charge on any atom is 0.321 e. The predicted octanol–water partition coefficient (Wildman–Crippen LogP) is 2.82. The van der Waals surface area contributed by atoms with Crippen LogP contribution in [0.4, 0.5) is 4.79 Å². The van der Waals surface area contributed by atoms with E-state index in [2.05, 4.69) is 27.7 Å². The molecular formula is C21H31N3O3. The van der Waals surface area contributed by atoms with E-state index in [9.17, 15) is 9.59 Å². The number of carbonyl (C=O) groups is 2. The van der Waals surface area contributed by atoms with Gasteiger partial charge in [0.25, 0.3) is 0 Å². The Labute approximate surface area is 161 Å². The van der Waals surface area contributed by atoms with Crippen LogP contribution >= 0.6 is 0 Å². The normalized spacial score (nSPS) is 20.3. The molecule has 3 rings (SSSR count). The average Bonchev–Trinajstić information content (AvgIpc) is 3.20. The monoisotopic (exact) mass is 373 g/mol. The van der Waals surface area contributed by atoms with Crippen LogP contribution in [-0.2, 0) is 16.1 Å². The molecule has 2 aliphatic rings. The molecular weight excluding hydrogens is 342 g/mol. The van der Waals surface area contributed by atoms with Crippen LogP contribution in [0.5, 0.6) is 0 Å². The number of benzene rings is 1. The van der Waals surface area contributed by atoms with Gasteiger partial charge in [0, 0.05) is 19.1 Å². The lowest BCUT2D eigenvalue weighted by Crippen LogP contribution is -2.53. The molecule has 1 aliphatic heterocycles. The van der Waals surface area contributed by atoms with Crippen molar-refractivity contribution in [2.45, 2.75) is 70.2 Å². The van der Waals surface area contributed by atoms with Gasteiger partial charge in [-0.3, -0.25) is 15.0 Å². The number of amides is 3. The molecule has 1 aliphatic carbocycles. The van der Waals surface area contributed by atoms with Gasteiger partial charge in [0.1, 0.15) is 0 Å². The van der Waals surface area contributed by atoms with Gasteiger partial charge >= 0.3 is 6.03 Å². The summed E-state index contributed by atoms with van der Waals surface area (Å²) in [5.41, 5.74) is 1.18. The number of carbonyl (C=O) groups excluding carboxylic acids is 2. The zero-order valence-corrected chi connectivity index (χ0v) is 16.2. The minimum absolute atomic E-state index is 0.214. The third-order valence-corrected chi connectivity index (χ3v) is 5.66. The molecule has 0 spiro atoms. The summed E-state index contributed by atoms with van der Waals surface area (Å²) in [6, 6.07) is 9.72. The highest BCUT2D eigenvalue weighted by atomic mass is 16.5. The number of hydrogen-bond donors (Lipinski definition) is 2. The zero-order chi connectivity index (χ0) is 19.1. The van der Waals surface area contributed by atoms with Crippen molar-refractivity contribution in [3.63, 3.8) is 0 Å². The summed E-state index contributed by atoms with van der Waals surface area (Å²) in [6.45, 7) is 4.10. The van der Waals surface area contributed by atoms with Crippen LogP contribution in [0.25, 0.3) is 0 Å². The van der Waals surface area contributed by atoms with Crippen molar-refractivity contribution in [1.29, 1.82) is 0 Å². The van der Waals surface area contributed by atoms with Crippen LogP contribution in [0.1, 0.15) is 51.0 Å². The lowest BCUT2D eigenvalue weighted by molar-refractivity contribution is -0.126. The Hall–Kier alpha value is -1.92. The fourth-order valence-corrected chi connectivity index (χ4v) is 3.89. The quantitative estimate of drug-likeness (QED) is 0.804. The van der Waals surface area contributed by atoms with Gasteiger partial charge in [-0.2, -0.15) is 0 Å². The molecule has 0 bridgehead atoms. The average molecular weight is 373 g/mol. The van der Waals surface area contributed by atoms with Gasteiger partial charge in [0.2, 0.25) is 5.91 Å². The Morgan fingerprint density at radius 1 is 1.11 bits per heavy atom. The molecule has 27 heavy (non-hydrogen) atoms. The second kappa shape index (κ2) is 9.85. The van der Waals surface area contributed by atoms with E-state index < -0.39 is 0 Å². The van der Waals surface area contributed by atoms with Crippen molar-refractivity contribution in [2.24, 2.45) is 0 Å². The van der Waals surface area contributed by atoms with Crippen molar-refractivity contribution in [2.75, 3.05) is 13.1 Å². The molecule has 2 fully saturated rings. The first kappa shape index (κ1) is 19.8. The molecule has 0 unspecified atom stereocenters. The third kappa shape index (κ3) is 6.04. The number of imide groups is 1. The molecule has 1 atom stereocenters. The summed E-state index contributed by atoms with van der Waals surface area (Å²) in [6.07, 6.45) is 6.34. The molecule has 0 radical (unpaired) electrons. The second-order valence-corrected chi connectivity index (χ2v) is 7.65. The van der Waals surface area contributed by atoms with Crippen molar-refractivity contribution in [3.8, 4) is 0 Å². The highest BCUT2D eigenvalue weighted by Crippen LogP contribution is 2.18. The van der Waals surface area contributed by atoms with Crippen molar-refractivity contribution in [1.82, 2.24) is 15.5 Å². The van der Waals surface area contributed by atoms with E-state index in [0.717, 1.165) is 51.6 Å². The van der Waals surface area contributed by atoms with Crippen LogP contribution in [0, 0.1) is 0 Å². The summed E-state index contributed by atoms with van der Waals surface area (Å²) >= 11 is 0. The fourth-order valence-electron chi connectivity index (χ4n) is 3.89. The zero-order valence-electron chi connectivity index (χ0n) is 16.2. The Morgan fingerprint density at radius 3 is 2.44 bits per heavy atom. The number of likely N-dealkylation sites (tertiary alicyclic amines) is 1. The standard InChI is InChI=1S/C21H31N3O3/c1-16(20(25)23-21(26)22-18-9-5-6-10-18)24-13-11-19(12-14-24)27-15-17-7-3-2-4-8-17/h2-4,7-8,16,18-19H,5-6,9-15H2,1H3,(H2,22,23,25,26)/t16-/m1/s1. The molecule has 2 N–H and O–H groups in total. The molecule has 1 saturated carbocycles. The molecule has 0 aromatic heterocycles. The fraction of sp³-hybridized carbons (Fsp3) is 0.619. The van der Waals surface area contributed by atoms with Gasteiger partial charge in [-0.25, -0.2) is 4.79 Å². The number of nitrogens with one attached hydrogen (secondary N) is 2. The van der Waals surface area contributed by atoms with Crippen molar-refractivity contribution in [3.05, 3.63) is 35.9 Å². The smallest absolute Gasteiger partial charge is 0.321 e. The number of urea groups is 1. The number of nitrogens with zero attached hydrogens (tertiary/aromatic N) is 1. The first-order valence-electron chi connectivity index (χ1n) is 10.1. The van der Waals surface area contributed by atoms with Crippen molar-refractivity contribution < 1.29 is 14.3 Å². The van der Waals surface area contributed by atoms with Gasteiger partial charge in [-0.05, 0) is 38.2 Å². The number of piperidine rings is 1. The summed E-state index contributed by atoms with van der Waals surface area (Å²) < 4.78 is 6.01. The van der Waals surface area contributed by atoms with Gasteiger partial charge in [0.05, 0.1) is 18.8 Å². The highest BCUT2D eigenvalue weighted by molar-refractivity contribution is 5.96. The summed E-state index contributed by atoms with van der Waals surface area (Å²) in [5, 5.41) is 5.40. The van der Waals surface area contributed by atoms with E-state index in [4.69, 9.17) is 4.74 Å². The largest absolute Gasteiger partial charge is 0.373 e. The van der Waals surface area contributed by atoms with E-state index in [1.165, 1.54) is 5.56 Å². The summed E-state index contributed by atoms with van der Waals surface area (Å²) in [7, 11) is 0. The van der Waals surface area contributed by atoms with E-state index in [0.29, 0.717) is 6.61 Å². The van der Waals surface area contributed by atoms with E-state index >= 15 is 0 Å². The molecule has 1 saturated heterocycles. The van der Waals surface area contributed by atoms with Gasteiger partial charge in [-0.15, -0.1) is 0 Å². The summed E-state index contributed by atoms with van der Waals surface area (Å²) in [5.74, 6) is -0.228. The van der Waals surface area contributed by atoms with E-state index in [1.807, 2.05) is 25.1 Å². The van der Waals surface area contributed by atoms with Crippen LogP contribution in [-0.4, -0.2) is 48.1 Å². The Bertz CT molecular complexity index is 608. The lowest BCUT2D eigenvalue weighted by Gasteiger charge is -2.35. The summed E-state index contributed by atoms with van der Waals surface area (Å²) in [4.78, 5) is 26.5. The molecule has 6 heteroatoms. The Kier molecular flexibility index (Phi) is 7.24. The number of rotatable bonds is 6. The van der Waals surface area contributed by atoms with Crippen molar-refractivity contribution >= 4 is 11.9 Å². The van der Waals surface area contributed by atoms with Gasteiger partial charge in [-0.1, -0.05) is 43.2 Å². The minimum Gasteiger partial charge on any atom is -0.373 e. The van der Waals surface area contributed by atoms with Gasteiger partial charge < -0.3 is 10.1 Å². The maximum atomic E-state index is 12.4. The van der Waals surface area contributed by atoms with E-state index in [1.54, 1.807) is 0 Å². The maximum absolute atomic E-state index is 12.4. The molecule has 3 amide bonds. The number of ether oxygens (including phenoxy) is 1. The molecule has 1 heterocycles. The Balaban J connectivity index is 1.36. The first-order valence-corrected chi connectivity index (χ1v) is 10.1. The third-order valence-electron chi connectivity index (χ3n) is 5.66. The molecule has 1 aromatic rings. The molecule has 148 valence electrons. The SMILES string of the molecule is C[C@H](C(=O)NC(=O)NC1CCCC1)N1CCC(OCc2ccccc2)CC1. The van der Waals surface area contributed by atoms with E-state index in [-0.39, 0.29) is 30.1 Å². The van der Waals surface area contributed by atoms with Crippen LogP contribution < -0.4 is 10.6 Å². The van der Waals surface area contributed by atoms with Crippen LogP contribution in [0.3, 0.4) is 0 Å². The van der Waals surface area contributed by atoms with Crippen LogP contribution in [0.2, 0.25) is 0 Å². The van der Waals surface area contributed by atoms with Crippen LogP contribution in [0.15, 0.2) is 30.3 Å². The molecule has 1 aromatic carbocycles. The minimum atomic E-state index is -0.361. The van der Waals surface area contributed by atoms with Gasteiger partial charge in [0.15, 0.2) is 0 Å². The predicted molar refractivity (Wildman–Crippen MR) is 104 cm³/mol. The number of hydrogen-bond acceptors (Lipinski definition) is 4.